The molecule has 0 saturated carbocycles. The highest BCUT2D eigenvalue weighted by Crippen LogP contribution is 2.44. The summed E-state index contributed by atoms with van der Waals surface area (Å²) in [5, 5.41) is 14.8. The van der Waals surface area contributed by atoms with E-state index in [0.717, 1.165) is 5.56 Å². The van der Waals surface area contributed by atoms with Gasteiger partial charge in [0.2, 0.25) is 5.91 Å². The zero-order valence-corrected chi connectivity index (χ0v) is 26.9. The molecular weight excluding hydrogens is 556 g/mol. The lowest BCUT2D eigenvalue weighted by atomic mass is 9.80. The van der Waals surface area contributed by atoms with E-state index in [1.54, 1.807) is 27.7 Å². The van der Waals surface area contributed by atoms with Gasteiger partial charge in [-0.3, -0.25) is 4.79 Å². The molecule has 1 unspecified atom stereocenters. The Labute approximate surface area is 241 Å². The average Bonchev–Trinajstić information content (AvgIpc) is 2.79. The first kappa shape index (κ1) is 33.4. The third-order valence-electron chi connectivity index (χ3n) is 5.86. The Morgan fingerprint density at radius 2 is 1.80 bits per heavy atom. The van der Waals surface area contributed by atoms with Gasteiger partial charge in [0.25, 0.3) is 0 Å². The third-order valence-corrected chi connectivity index (χ3v) is 8.05. The van der Waals surface area contributed by atoms with Crippen LogP contribution in [0.5, 0.6) is 5.75 Å². The normalized spacial score (nSPS) is 20.8. The van der Waals surface area contributed by atoms with Gasteiger partial charge in [-0.15, -0.1) is 11.8 Å². The number of esters is 1. The Kier molecular flexibility index (Phi) is 11.1. The molecular formula is C27H42N2O9SSi. The molecule has 0 saturated heterocycles. The van der Waals surface area contributed by atoms with Crippen molar-refractivity contribution in [1.82, 2.24) is 10.6 Å². The average molecular weight is 599 g/mol. The lowest BCUT2D eigenvalue weighted by Crippen LogP contribution is -2.55. The van der Waals surface area contributed by atoms with Gasteiger partial charge in [0.15, 0.2) is 9.04 Å². The summed E-state index contributed by atoms with van der Waals surface area (Å²) in [5.41, 5.74) is 0.0863. The molecule has 3 N–H and O–H groups in total. The predicted octanol–water partition coefficient (Wildman–Crippen LogP) is 3.67. The number of fused-ring (bicyclic) bond motifs is 1. The number of ether oxygens (including phenoxy) is 3. The minimum Gasteiger partial charge on any atom is -0.496 e. The van der Waals surface area contributed by atoms with Crippen LogP contribution in [0, 0.1) is 6.92 Å². The number of alkyl carbamates (subject to hydrolysis) is 1. The van der Waals surface area contributed by atoms with Gasteiger partial charge in [0, 0.05) is 16.9 Å². The molecule has 3 atom stereocenters. The number of nitrogens with one attached hydrogen (secondary N) is 2. The van der Waals surface area contributed by atoms with Crippen LogP contribution in [0.15, 0.2) is 6.07 Å². The van der Waals surface area contributed by atoms with Gasteiger partial charge in [-0.05, 0) is 57.8 Å². The molecule has 0 spiro atoms. The number of rotatable bonds is 5. The van der Waals surface area contributed by atoms with Crippen LogP contribution in [-0.2, 0) is 28.9 Å². The van der Waals surface area contributed by atoms with Crippen LogP contribution in [0.2, 0.25) is 13.1 Å². The maximum Gasteiger partial charge on any atom is 0.408 e. The predicted molar refractivity (Wildman–Crippen MR) is 155 cm³/mol. The monoisotopic (exact) mass is 598 g/mol. The minimum atomic E-state index is -1.72. The molecule has 2 rings (SSSR count). The van der Waals surface area contributed by atoms with Crippen molar-refractivity contribution < 1.29 is 42.9 Å². The molecule has 0 aromatic heterocycles. The molecule has 224 valence electrons. The number of hydrogen-bond donors (Lipinski definition) is 3. The summed E-state index contributed by atoms with van der Waals surface area (Å²) in [4.78, 5) is 51.5. The van der Waals surface area contributed by atoms with Crippen molar-refractivity contribution in [2.24, 2.45) is 0 Å². The number of aliphatic carboxylic acids is 1. The van der Waals surface area contributed by atoms with Gasteiger partial charge >= 0.3 is 18.0 Å². The van der Waals surface area contributed by atoms with Crippen molar-refractivity contribution in [3.05, 3.63) is 28.3 Å². The van der Waals surface area contributed by atoms with Gasteiger partial charge in [0.05, 0.1) is 12.7 Å². The lowest BCUT2D eigenvalue weighted by molar-refractivity contribution is -0.141. The van der Waals surface area contributed by atoms with E-state index in [4.69, 9.17) is 18.6 Å². The Hall–Kier alpha value is -2.77. The summed E-state index contributed by atoms with van der Waals surface area (Å²) in [5.74, 6) is -2.40. The first-order chi connectivity index (χ1) is 18.4. The number of carbonyl (C=O) groups is 4. The summed E-state index contributed by atoms with van der Waals surface area (Å²) in [6, 6.07) is -0.844. The zero-order chi connectivity index (χ0) is 30.6. The fraction of sp³-hybridized carbons (Fsp3) is 0.630. The van der Waals surface area contributed by atoms with Crippen LogP contribution >= 0.6 is 11.8 Å². The van der Waals surface area contributed by atoms with Crippen molar-refractivity contribution in [3.63, 3.8) is 0 Å². The van der Waals surface area contributed by atoms with Crippen LogP contribution in [0.4, 0.5) is 4.79 Å². The van der Waals surface area contributed by atoms with E-state index in [9.17, 15) is 24.3 Å². The quantitative estimate of drug-likeness (QED) is 0.338. The molecule has 1 aliphatic rings. The second kappa shape index (κ2) is 13.3. The Morgan fingerprint density at radius 1 is 1.18 bits per heavy atom. The number of hydrogen-bond acceptors (Lipinski definition) is 9. The van der Waals surface area contributed by atoms with Crippen LogP contribution in [0.3, 0.4) is 0 Å². The van der Waals surface area contributed by atoms with E-state index < -0.39 is 68.1 Å². The highest BCUT2D eigenvalue weighted by Gasteiger charge is 2.37. The number of cyclic esters (lactones) is 1. The summed E-state index contributed by atoms with van der Waals surface area (Å²) in [6.45, 7) is 16.1. The molecule has 0 bridgehead atoms. The van der Waals surface area contributed by atoms with E-state index in [2.05, 4.69) is 10.6 Å². The molecule has 1 heterocycles. The van der Waals surface area contributed by atoms with Crippen LogP contribution in [-0.4, -0.2) is 75.2 Å². The van der Waals surface area contributed by atoms with Gasteiger partial charge in [-0.1, -0.05) is 20.8 Å². The molecule has 1 aromatic rings. The van der Waals surface area contributed by atoms with Crippen molar-refractivity contribution >= 4 is 44.7 Å². The standard InChI is InChI=1S/C27H42N2O9SSi/c1-14-18(35-8)11-15(26(2,3)4)20-19(14)23(33)36-12-16(29-25(34)37-27(5,6)7)21(30)28-17(22(31)32)13-39-24(20)38-40(9)10/h11,16-17,24,40H,12-13H2,1-10H3,(H,28,30)(H,29,34)(H,31,32)/t16-,17-,24?/m0/s1. The van der Waals surface area contributed by atoms with Crippen LogP contribution < -0.4 is 15.4 Å². The second-order valence-corrected chi connectivity index (χ2v) is 15.3. The van der Waals surface area contributed by atoms with Crippen molar-refractivity contribution in [2.75, 3.05) is 19.5 Å². The smallest absolute Gasteiger partial charge is 0.408 e. The lowest BCUT2D eigenvalue weighted by Gasteiger charge is -2.33. The molecule has 1 aromatic carbocycles. The van der Waals surface area contributed by atoms with Gasteiger partial charge in [-0.2, -0.15) is 0 Å². The third kappa shape index (κ3) is 8.87. The van der Waals surface area contributed by atoms with E-state index in [1.807, 2.05) is 39.9 Å². The summed E-state index contributed by atoms with van der Waals surface area (Å²) in [7, 11) is -0.208. The van der Waals surface area contributed by atoms with Crippen LogP contribution in [0.25, 0.3) is 0 Å². The number of thioether (sulfide) groups is 1. The van der Waals surface area contributed by atoms with Crippen LogP contribution in [0.1, 0.15) is 74.0 Å². The van der Waals surface area contributed by atoms with E-state index in [-0.39, 0.29) is 11.3 Å². The summed E-state index contributed by atoms with van der Waals surface area (Å²) < 4.78 is 22.9. The highest BCUT2D eigenvalue weighted by atomic mass is 32.2. The number of carboxylic acid groups (broad SMARTS) is 1. The van der Waals surface area contributed by atoms with Gasteiger partial charge < -0.3 is 34.4 Å². The number of amides is 2. The topological polar surface area (TPSA) is 149 Å². The number of carbonyl (C=O) groups excluding carboxylic acids is 3. The molecule has 13 heteroatoms. The maximum absolute atomic E-state index is 13.8. The molecule has 1 aliphatic heterocycles. The number of methoxy groups -OCH3 is 1. The van der Waals surface area contributed by atoms with Gasteiger partial charge in [-0.25, -0.2) is 14.4 Å². The molecule has 2 amide bonds. The van der Waals surface area contributed by atoms with E-state index in [1.165, 1.54) is 18.9 Å². The molecule has 0 fully saturated rings. The maximum atomic E-state index is 13.8. The Balaban J connectivity index is 2.74. The number of carboxylic acids is 1. The Bertz CT molecular complexity index is 1130. The fourth-order valence-corrected chi connectivity index (χ4v) is 6.67. The summed E-state index contributed by atoms with van der Waals surface area (Å²) >= 11 is 1.18. The van der Waals surface area contributed by atoms with E-state index >= 15 is 0 Å². The minimum absolute atomic E-state index is 0.0604. The zero-order valence-electron chi connectivity index (χ0n) is 24.9. The van der Waals surface area contributed by atoms with Gasteiger partial charge in [0.1, 0.15) is 35.5 Å². The summed E-state index contributed by atoms with van der Waals surface area (Å²) in [6.07, 6.45) is -0.916. The van der Waals surface area contributed by atoms with E-state index in [0.29, 0.717) is 16.9 Å². The molecule has 0 radical (unpaired) electrons. The largest absolute Gasteiger partial charge is 0.496 e. The SMILES string of the molecule is COc1cc(C(C)(C)C)c2c(c1C)C(=O)OC[C@H](NC(=O)OC(C)(C)C)C(=O)N[C@H](C(=O)O)CSC2O[SiH](C)C. The molecule has 40 heavy (non-hydrogen) atoms. The Morgan fingerprint density at radius 3 is 2.30 bits per heavy atom. The second-order valence-electron chi connectivity index (χ2n) is 11.8. The molecule has 0 aliphatic carbocycles. The van der Waals surface area contributed by atoms with Crippen molar-refractivity contribution in [2.45, 2.75) is 90.1 Å². The fourth-order valence-electron chi connectivity index (χ4n) is 4.05. The first-order valence-electron chi connectivity index (χ1n) is 13.0. The highest BCUT2D eigenvalue weighted by molar-refractivity contribution is 7.99. The first-order valence-corrected chi connectivity index (χ1v) is 16.9. The van der Waals surface area contributed by atoms with Crippen molar-refractivity contribution in [1.29, 1.82) is 0 Å². The number of benzene rings is 1. The molecule has 11 nitrogen and oxygen atoms in total. The van der Waals surface area contributed by atoms with Crippen molar-refractivity contribution in [3.8, 4) is 5.75 Å².